The molecule has 0 radical (unpaired) electrons. The Morgan fingerprint density at radius 3 is 2.00 bits per heavy atom. The van der Waals surface area contributed by atoms with Crippen LogP contribution in [0.4, 0.5) is 0 Å². The van der Waals surface area contributed by atoms with Gasteiger partial charge >= 0.3 is 0 Å². The molecule has 0 bridgehead atoms. The van der Waals surface area contributed by atoms with Gasteiger partial charge in [-0.2, -0.15) is 0 Å². The predicted octanol–water partition coefficient (Wildman–Crippen LogP) is 0.888. The van der Waals surface area contributed by atoms with E-state index in [2.05, 4.69) is 21.2 Å². The van der Waals surface area contributed by atoms with Gasteiger partial charge in [-0.1, -0.05) is 15.9 Å². The molecule has 1 rings (SSSR count). The van der Waals surface area contributed by atoms with Gasteiger partial charge in [0.05, 0.1) is 4.95 Å². The molecule has 1 unspecified atom stereocenters. The highest BCUT2D eigenvalue weighted by Crippen LogP contribution is 2.02. The average Bonchev–Trinajstić information content (AvgIpc) is 1.75. The summed E-state index contributed by atoms with van der Waals surface area (Å²) in [6.45, 7) is 1.15. The van der Waals surface area contributed by atoms with Crippen LogP contribution in [-0.2, 0) is 0 Å². The maximum Gasteiger partial charge on any atom is 0.0758 e. The Hall–Kier alpha value is 0.920. The maximum absolute atomic E-state index is 3.27. The number of nitrogens with one attached hydrogen (secondary N) is 1. The highest BCUT2D eigenvalue weighted by molar-refractivity contribution is 9.09. The molecule has 1 atom stereocenters. The molecule has 5 heavy (non-hydrogen) atoms. The zero-order valence-corrected chi connectivity index (χ0v) is 5.87. The van der Waals surface area contributed by atoms with Crippen molar-refractivity contribution in [2.24, 2.45) is 0 Å². The number of halogens is 2. The fraction of sp³-hybridized carbons (Fsp3) is 1.00. The lowest BCUT2D eigenvalue weighted by Crippen LogP contribution is -1.66. The summed E-state index contributed by atoms with van der Waals surface area (Å²) < 4.78 is 0. The molecule has 1 heterocycles. The quantitative estimate of drug-likeness (QED) is 0.352. The molecule has 32 valence electrons. The molecule has 0 aromatic rings. The summed E-state index contributed by atoms with van der Waals surface area (Å²) in [5.74, 6) is 0. The van der Waals surface area contributed by atoms with Crippen LogP contribution in [0, 0.1) is 0 Å². The van der Waals surface area contributed by atoms with Crippen LogP contribution < -0.4 is 5.32 Å². The van der Waals surface area contributed by atoms with Crippen LogP contribution >= 0.6 is 32.9 Å². The Kier molecular flexibility index (Phi) is 2.55. The third-order valence-corrected chi connectivity index (χ3v) is 1.01. The Morgan fingerprint density at radius 2 is 2.00 bits per heavy atom. The summed E-state index contributed by atoms with van der Waals surface area (Å²) in [5, 5.41) is 3.01. The summed E-state index contributed by atoms with van der Waals surface area (Å²) in [7, 11) is 0. The largest absolute Gasteiger partial charge is 0.301 e. The normalized spacial score (nSPS) is 31.8. The summed E-state index contributed by atoms with van der Waals surface area (Å²) in [6.07, 6.45) is 0. The monoisotopic (exact) mass is 201 g/mol. The molecule has 1 nitrogen and oxygen atoms in total. The number of rotatable bonds is 0. The van der Waals surface area contributed by atoms with Crippen molar-refractivity contribution in [2.45, 2.75) is 4.95 Å². The molecule has 0 amide bonds. The van der Waals surface area contributed by atoms with Gasteiger partial charge in [-0.3, -0.25) is 0 Å². The van der Waals surface area contributed by atoms with Gasteiger partial charge in [0.15, 0.2) is 0 Å². The van der Waals surface area contributed by atoms with Gasteiger partial charge < -0.3 is 5.32 Å². The fourth-order valence-electron chi connectivity index (χ4n) is 0.0445. The zero-order chi connectivity index (χ0) is 2.99. The standard InChI is InChI=1S/C2H4BrN.BrH/c3-2-1-4-2;/h2,4H,1H2;1H. The lowest BCUT2D eigenvalue weighted by Gasteiger charge is -1.50. The third-order valence-electron chi connectivity index (χ3n) is 0.358. The van der Waals surface area contributed by atoms with E-state index >= 15 is 0 Å². The number of hydrogen-bond acceptors (Lipinski definition) is 1. The van der Waals surface area contributed by atoms with Gasteiger partial charge in [0.1, 0.15) is 0 Å². The second-order valence-electron chi connectivity index (χ2n) is 0.876. The van der Waals surface area contributed by atoms with E-state index in [9.17, 15) is 0 Å². The van der Waals surface area contributed by atoms with Crippen LogP contribution in [0.25, 0.3) is 0 Å². The van der Waals surface area contributed by atoms with E-state index in [4.69, 9.17) is 0 Å². The Bertz CT molecular complexity index is 26.8. The summed E-state index contributed by atoms with van der Waals surface area (Å²) in [5.41, 5.74) is 0. The summed E-state index contributed by atoms with van der Waals surface area (Å²) in [4.78, 5) is 0.646. The number of hydrogen-bond donors (Lipinski definition) is 1. The molecule has 0 spiro atoms. The average molecular weight is 203 g/mol. The van der Waals surface area contributed by atoms with E-state index < -0.39 is 0 Å². The number of alkyl halides is 1. The van der Waals surface area contributed by atoms with E-state index in [1.54, 1.807) is 0 Å². The van der Waals surface area contributed by atoms with E-state index in [1.807, 2.05) is 0 Å². The van der Waals surface area contributed by atoms with Crippen molar-refractivity contribution in [3.8, 4) is 0 Å². The molecule has 1 saturated heterocycles. The van der Waals surface area contributed by atoms with Crippen molar-refractivity contribution >= 4 is 32.9 Å². The first kappa shape index (κ1) is 5.92. The van der Waals surface area contributed by atoms with Crippen molar-refractivity contribution in [3.63, 3.8) is 0 Å². The van der Waals surface area contributed by atoms with E-state index in [0.717, 1.165) is 6.54 Å². The Labute approximate surface area is 50.0 Å². The Morgan fingerprint density at radius 1 is 1.80 bits per heavy atom. The van der Waals surface area contributed by atoms with Crippen LogP contribution in [0.15, 0.2) is 0 Å². The minimum absolute atomic E-state index is 0. The molecule has 3 heteroatoms. The Balaban J connectivity index is 0.000000160. The van der Waals surface area contributed by atoms with Crippen LogP contribution in [0.3, 0.4) is 0 Å². The van der Waals surface area contributed by atoms with Crippen molar-refractivity contribution in [3.05, 3.63) is 0 Å². The third kappa shape index (κ3) is 2.73. The second-order valence-corrected chi connectivity index (χ2v) is 1.98. The molecule has 0 saturated carbocycles. The first-order chi connectivity index (χ1) is 1.89. The van der Waals surface area contributed by atoms with Gasteiger partial charge in [0.25, 0.3) is 0 Å². The molecular weight excluding hydrogens is 198 g/mol. The second kappa shape index (κ2) is 2.16. The summed E-state index contributed by atoms with van der Waals surface area (Å²) in [6, 6.07) is 0. The highest BCUT2D eigenvalue weighted by atomic mass is 79.9. The molecule has 0 aromatic heterocycles. The highest BCUT2D eigenvalue weighted by Gasteiger charge is 2.12. The van der Waals surface area contributed by atoms with E-state index in [1.165, 1.54) is 0 Å². The van der Waals surface area contributed by atoms with Crippen LogP contribution in [-0.4, -0.2) is 11.5 Å². The van der Waals surface area contributed by atoms with Crippen molar-refractivity contribution < 1.29 is 0 Å². The van der Waals surface area contributed by atoms with Crippen LogP contribution in [0.2, 0.25) is 0 Å². The van der Waals surface area contributed by atoms with Crippen LogP contribution in [0.5, 0.6) is 0 Å². The van der Waals surface area contributed by atoms with Crippen LogP contribution in [0.1, 0.15) is 0 Å². The smallest absolute Gasteiger partial charge is 0.0758 e. The summed E-state index contributed by atoms with van der Waals surface area (Å²) >= 11 is 3.27. The predicted molar refractivity (Wildman–Crippen MR) is 31.0 cm³/mol. The molecule has 1 aliphatic heterocycles. The minimum Gasteiger partial charge on any atom is -0.301 e. The van der Waals surface area contributed by atoms with Crippen molar-refractivity contribution in [2.75, 3.05) is 6.54 Å². The van der Waals surface area contributed by atoms with Gasteiger partial charge in [0, 0.05) is 6.54 Å². The van der Waals surface area contributed by atoms with Gasteiger partial charge in [-0.25, -0.2) is 0 Å². The molecule has 1 aliphatic rings. The lowest BCUT2D eigenvalue weighted by molar-refractivity contribution is 1.32. The first-order valence-corrected chi connectivity index (χ1v) is 2.18. The molecule has 1 N–H and O–H groups in total. The lowest BCUT2D eigenvalue weighted by atomic mass is 11.0. The fourth-order valence-corrected chi connectivity index (χ4v) is 0.231. The van der Waals surface area contributed by atoms with Crippen molar-refractivity contribution in [1.82, 2.24) is 5.32 Å². The first-order valence-electron chi connectivity index (χ1n) is 1.27. The minimum atomic E-state index is 0. The van der Waals surface area contributed by atoms with E-state index in [0.29, 0.717) is 4.95 Å². The van der Waals surface area contributed by atoms with Gasteiger partial charge in [-0.05, 0) is 0 Å². The molecule has 0 aromatic carbocycles. The SMILES string of the molecule is Br.BrC1CN1. The zero-order valence-electron chi connectivity index (χ0n) is 2.57. The molecule has 1 fully saturated rings. The van der Waals surface area contributed by atoms with Crippen molar-refractivity contribution in [1.29, 1.82) is 0 Å². The topological polar surface area (TPSA) is 21.9 Å². The molecular formula is C2H5Br2N. The van der Waals surface area contributed by atoms with Gasteiger partial charge in [0.2, 0.25) is 0 Å². The van der Waals surface area contributed by atoms with E-state index in [-0.39, 0.29) is 17.0 Å². The molecule has 0 aliphatic carbocycles. The van der Waals surface area contributed by atoms with Gasteiger partial charge in [-0.15, -0.1) is 17.0 Å². The maximum atomic E-state index is 3.27.